The first kappa shape index (κ1) is 23.5. The van der Waals surface area contributed by atoms with Gasteiger partial charge in [-0.15, -0.1) is 0 Å². The molecule has 31 heavy (non-hydrogen) atoms. The topological polar surface area (TPSA) is 70.7 Å². The maximum atomic E-state index is 12.4. The second-order valence-corrected chi connectivity index (χ2v) is 8.33. The second kappa shape index (κ2) is 11.5. The standard InChI is InChI=1S/C23H27Cl2N3O3/c1-2-26-23(30)18-5-3-4-16(10-18)12-22(29)27-13-19-15-28(8-9-31-19)14-17-6-7-20(24)21(25)11-17/h3-7,10-11,19H,2,8-9,12-15H2,1H3,(H,26,30)(H,27,29)/t19-/m0/s1. The number of morpholine rings is 1. The molecule has 3 rings (SSSR count). The molecule has 2 amide bonds. The van der Waals surface area contributed by atoms with Crippen LogP contribution in [-0.4, -0.2) is 55.6 Å². The van der Waals surface area contributed by atoms with Gasteiger partial charge in [-0.1, -0.05) is 41.4 Å². The van der Waals surface area contributed by atoms with Crippen molar-refractivity contribution >= 4 is 35.0 Å². The molecule has 1 fully saturated rings. The molecule has 0 aliphatic carbocycles. The number of nitrogens with one attached hydrogen (secondary N) is 2. The van der Waals surface area contributed by atoms with Crippen molar-refractivity contribution in [1.29, 1.82) is 0 Å². The van der Waals surface area contributed by atoms with Crippen molar-refractivity contribution in [2.45, 2.75) is 26.0 Å². The fourth-order valence-electron chi connectivity index (χ4n) is 3.50. The Kier molecular flexibility index (Phi) is 8.72. The molecule has 0 unspecified atom stereocenters. The Morgan fingerprint density at radius 2 is 1.94 bits per heavy atom. The molecule has 0 bridgehead atoms. The summed E-state index contributed by atoms with van der Waals surface area (Å²) in [4.78, 5) is 26.6. The quantitative estimate of drug-likeness (QED) is 0.629. The smallest absolute Gasteiger partial charge is 0.251 e. The number of carbonyl (C=O) groups excluding carboxylic acids is 2. The van der Waals surface area contributed by atoms with E-state index in [9.17, 15) is 9.59 Å². The van der Waals surface area contributed by atoms with Crippen molar-refractivity contribution in [1.82, 2.24) is 15.5 Å². The van der Waals surface area contributed by atoms with Crippen molar-refractivity contribution in [3.8, 4) is 0 Å². The van der Waals surface area contributed by atoms with Crippen LogP contribution in [0.2, 0.25) is 10.0 Å². The summed E-state index contributed by atoms with van der Waals surface area (Å²) < 4.78 is 5.81. The predicted molar refractivity (Wildman–Crippen MR) is 123 cm³/mol. The summed E-state index contributed by atoms with van der Waals surface area (Å²) >= 11 is 12.1. The molecule has 0 aromatic heterocycles. The molecule has 2 aromatic carbocycles. The van der Waals surface area contributed by atoms with Crippen LogP contribution in [0.3, 0.4) is 0 Å². The molecule has 166 valence electrons. The fraction of sp³-hybridized carbons (Fsp3) is 0.391. The van der Waals surface area contributed by atoms with Crippen molar-refractivity contribution < 1.29 is 14.3 Å². The first-order valence-electron chi connectivity index (χ1n) is 10.4. The Balaban J connectivity index is 1.47. The highest BCUT2D eigenvalue weighted by Gasteiger charge is 2.21. The van der Waals surface area contributed by atoms with E-state index in [2.05, 4.69) is 15.5 Å². The lowest BCUT2D eigenvalue weighted by atomic mass is 10.1. The molecular formula is C23H27Cl2N3O3. The van der Waals surface area contributed by atoms with Crippen LogP contribution in [0.4, 0.5) is 0 Å². The van der Waals surface area contributed by atoms with E-state index < -0.39 is 0 Å². The lowest BCUT2D eigenvalue weighted by Crippen LogP contribution is -2.47. The zero-order valence-corrected chi connectivity index (χ0v) is 19.0. The Morgan fingerprint density at radius 1 is 1.10 bits per heavy atom. The zero-order valence-electron chi connectivity index (χ0n) is 17.5. The van der Waals surface area contributed by atoms with Gasteiger partial charge in [0.2, 0.25) is 5.91 Å². The molecule has 0 spiro atoms. The highest BCUT2D eigenvalue weighted by Crippen LogP contribution is 2.23. The van der Waals surface area contributed by atoms with Gasteiger partial charge in [-0.05, 0) is 42.3 Å². The minimum atomic E-state index is -0.137. The number of halogens is 2. The normalized spacial score (nSPS) is 16.7. The lowest BCUT2D eigenvalue weighted by molar-refractivity contribution is -0.121. The van der Waals surface area contributed by atoms with Crippen LogP contribution in [0.15, 0.2) is 42.5 Å². The van der Waals surface area contributed by atoms with Gasteiger partial charge in [0, 0.05) is 38.3 Å². The summed E-state index contributed by atoms with van der Waals surface area (Å²) in [6, 6.07) is 12.8. The first-order valence-corrected chi connectivity index (χ1v) is 11.1. The summed E-state index contributed by atoms with van der Waals surface area (Å²) in [6.45, 7) is 5.76. The molecule has 2 aromatic rings. The van der Waals surface area contributed by atoms with E-state index in [0.29, 0.717) is 41.8 Å². The van der Waals surface area contributed by atoms with Crippen LogP contribution in [0, 0.1) is 0 Å². The maximum Gasteiger partial charge on any atom is 0.251 e. The van der Waals surface area contributed by atoms with Crippen LogP contribution in [-0.2, 0) is 22.5 Å². The minimum absolute atomic E-state index is 0.0814. The van der Waals surface area contributed by atoms with E-state index in [1.807, 2.05) is 25.1 Å². The Labute approximate surface area is 192 Å². The van der Waals surface area contributed by atoms with Crippen molar-refractivity contribution in [2.75, 3.05) is 32.8 Å². The van der Waals surface area contributed by atoms with Crippen LogP contribution in [0.25, 0.3) is 0 Å². The number of benzene rings is 2. The molecule has 0 radical (unpaired) electrons. The Morgan fingerprint density at radius 3 is 2.71 bits per heavy atom. The third kappa shape index (κ3) is 7.21. The van der Waals surface area contributed by atoms with Gasteiger partial charge >= 0.3 is 0 Å². The van der Waals surface area contributed by atoms with Gasteiger partial charge in [0.05, 0.1) is 29.2 Å². The fourth-order valence-corrected chi connectivity index (χ4v) is 3.83. The summed E-state index contributed by atoms with van der Waals surface area (Å²) in [5.74, 6) is -0.235. The number of nitrogens with zero attached hydrogens (tertiary/aromatic N) is 1. The third-order valence-corrected chi connectivity index (χ3v) is 5.77. The van der Waals surface area contributed by atoms with E-state index in [-0.39, 0.29) is 24.3 Å². The minimum Gasteiger partial charge on any atom is -0.374 e. The van der Waals surface area contributed by atoms with Crippen molar-refractivity contribution in [3.05, 3.63) is 69.2 Å². The number of rotatable bonds is 8. The Bertz CT molecular complexity index is 923. The molecule has 1 saturated heterocycles. The van der Waals surface area contributed by atoms with E-state index in [0.717, 1.165) is 24.2 Å². The van der Waals surface area contributed by atoms with Gasteiger partial charge in [0.25, 0.3) is 5.91 Å². The summed E-state index contributed by atoms with van der Waals surface area (Å²) in [5, 5.41) is 6.80. The van der Waals surface area contributed by atoms with E-state index >= 15 is 0 Å². The number of hydrogen-bond acceptors (Lipinski definition) is 4. The number of ether oxygens (including phenoxy) is 1. The molecule has 1 atom stereocenters. The summed E-state index contributed by atoms with van der Waals surface area (Å²) in [6.07, 6.45) is 0.134. The molecule has 1 heterocycles. The molecule has 1 aliphatic rings. The van der Waals surface area contributed by atoms with Crippen molar-refractivity contribution in [2.24, 2.45) is 0 Å². The number of amides is 2. The van der Waals surface area contributed by atoms with Gasteiger partial charge in [-0.25, -0.2) is 0 Å². The molecular weight excluding hydrogens is 437 g/mol. The highest BCUT2D eigenvalue weighted by atomic mass is 35.5. The molecule has 2 N–H and O–H groups in total. The predicted octanol–water partition coefficient (Wildman–Crippen LogP) is 3.30. The summed E-state index contributed by atoms with van der Waals surface area (Å²) in [5.41, 5.74) is 2.44. The lowest BCUT2D eigenvalue weighted by Gasteiger charge is -2.33. The molecule has 1 aliphatic heterocycles. The van der Waals surface area contributed by atoms with Crippen LogP contribution < -0.4 is 10.6 Å². The zero-order chi connectivity index (χ0) is 22.2. The first-order chi connectivity index (χ1) is 14.9. The monoisotopic (exact) mass is 463 g/mol. The third-order valence-electron chi connectivity index (χ3n) is 5.03. The molecule has 6 nitrogen and oxygen atoms in total. The van der Waals surface area contributed by atoms with E-state index in [4.69, 9.17) is 27.9 Å². The largest absolute Gasteiger partial charge is 0.374 e. The van der Waals surface area contributed by atoms with Gasteiger partial charge < -0.3 is 15.4 Å². The highest BCUT2D eigenvalue weighted by molar-refractivity contribution is 6.42. The molecule has 8 heteroatoms. The average molecular weight is 464 g/mol. The van der Waals surface area contributed by atoms with E-state index in [1.165, 1.54) is 0 Å². The number of carbonyl (C=O) groups is 2. The second-order valence-electron chi connectivity index (χ2n) is 7.52. The summed E-state index contributed by atoms with van der Waals surface area (Å²) in [7, 11) is 0. The number of hydrogen-bond donors (Lipinski definition) is 2. The van der Waals surface area contributed by atoms with Gasteiger partial charge in [0.15, 0.2) is 0 Å². The van der Waals surface area contributed by atoms with Crippen LogP contribution in [0.5, 0.6) is 0 Å². The SMILES string of the molecule is CCNC(=O)c1cccc(CC(=O)NC[C@H]2CN(Cc3ccc(Cl)c(Cl)c3)CCO2)c1. The van der Waals surface area contributed by atoms with Crippen molar-refractivity contribution in [3.63, 3.8) is 0 Å². The van der Waals surface area contributed by atoms with Crippen LogP contribution >= 0.6 is 23.2 Å². The van der Waals surface area contributed by atoms with E-state index in [1.54, 1.807) is 24.3 Å². The van der Waals surface area contributed by atoms with Gasteiger partial charge in [0.1, 0.15) is 0 Å². The average Bonchev–Trinajstić information content (AvgIpc) is 2.75. The van der Waals surface area contributed by atoms with Gasteiger partial charge in [-0.3, -0.25) is 14.5 Å². The van der Waals surface area contributed by atoms with Crippen LogP contribution in [0.1, 0.15) is 28.4 Å². The van der Waals surface area contributed by atoms with Gasteiger partial charge in [-0.2, -0.15) is 0 Å². The molecule has 0 saturated carbocycles. The maximum absolute atomic E-state index is 12.4. The Hall–Kier alpha value is -2.12.